The first-order valence-electron chi connectivity index (χ1n) is 8.33. The number of hydrogen-bond donors (Lipinski definition) is 3. The number of carbonyl (C=O) groups excluding carboxylic acids is 2. The smallest absolute Gasteiger partial charge is 0.313 e. The molecule has 0 saturated heterocycles. The zero-order valence-corrected chi connectivity index (χ0v) is 15.2. The van der Waals surface area contributed by atoms with E-state index in [0.29, 0.717) is 5.69 Å². The van der Waals surface area contributed by atoms with Gasteiger partial charge in [-0.05, 0) is 55.2 Å². The second-order valence-electron chi connectivity index (χ2n) is 6.58. The summed E-state index contributed by atoms with van der Waals surface area (Å²) >= 11 is 1.46. The Bertz CT molecular complexity index is 764. The predicted octanol–water partition coefficient (Wildman–Crippen LogP) is 2.72. The van der Waals surface area contributed by atoms with Crippen LogP contribution >= 0.6 is 11.3 Å². The van der Waals surface area contributed by atoms with Crippen molar-refractivity contribution in [3.8, 4) is 0 Å². The summed E-state index contributed by atoms with van der Waals surface area (Å²) in [5.41, 5.74) is 1.35. The van der Waals surface area contributed by atoms with E-state index in [1.54, 1.807) is 0 Å². The molecule has 1 aliphatic rings. The molecule has 1 heterocycles. The molecular formula is C19H22N2O3S. The molecule has 6 heteroatoms. The number of rotatable bonds is 5. The first-order chi connectivity index (χ1) is 11.9. The molecule has 3 rings (SSSR count). The Morgan fingerprint density at radius 1 is 1.16 bits per heavy atom. The third kappa shape index (κ3) is 3.75. The number of amides is 2. The lowest BCUT2D eigenvalue weighted by molar-refractivity contribution is -0.137. The van der Waals surface area contributed by atoms with Crippen LogP contribution in [0.4, 0.5) is 5.69 Å². The molecule has 0 radical (unpaired) electrons. The summed E-state index contributed by atoms with van der Waals surface area (Å²) in [6.45, 7) is 3.80. The van der Waals surface area contributed by atoms with E-state index in [0.717, 1.165) is 28.8 Å². The molecule has 1 unspecified atom stereocenters. The molecule has 25 heavy (non-hydrogen) atoms. The molecule has 2 aromatic rings. The van der Waals surface area contributed by atoms with E-state index < -0.39 is 17.4 Å². The standard InChI is InChI=1S/C19H22N2O3S/c1-12-5-3-6-13(2)16(12)21-18(23)17(22)20-11-19(24,14-8-9-14)15-7-4-10-25-15/h3-7,10,14,24H,8-9,11H2,1-2H3,(H,20,22)(H,21,23). The van der Waals surface area contributed by atoms with Crippen molar-refractivity contribution in [1.82, 2.24) is 5.32 Å². The van der Waals surface area contributed by atoms with Crippen molar-refractivity contribution in [3.63, 3.8) is 0 Å². The fourth-order valence-corrected chi connectivity index (χ4v) is 3.90. The largest absolute Gasteiger partial charge is 0.382 e. The summed E-state index contributed by atoms with van der Waals surface area (Å²) in [6.07, 6.45) is 1.86. The van der Waals surface area contributed by atoms with Crippen LogP contribution in [0.1, 0.15) is 28.8 Å². The van der Waals surface area contributed by atoms with Gasteiger partial charge in [0, 0.05) is 10.6 Å². The normalized spacial score (nSPS) is 16.1. The molecular weight excluding hydrogens is 336 g/mol. The van der Waals surface area contributed by atoms with Gasteiger partial charge in [-0.25, -0.2) is 0 Å². The molecule has 132 valence electrons. The average molecular weight is 358 g/mol. The maximum Gasteiger partial charge on any atom is 0.313 e. The number of aliphatic hydroxyl groups is 1. The Kier molecular flexibility index (Phi) is 4.92. The van der Waals surface area contributed by atoms with Crippen LogP contribution < -0.4 is 10.6 Å². The van der Waals surface area contributed by atoms with Crippen molar-refractivity contribution in [3.05, 3.63) is 51.7 Å². The Hall–Kier alpha value is -2.18. The number of para-hydroxylation sites is 1. The van der Waals surface area contributed by atoms with Crippen molar-refractivity contribution in [2.24, 2.45) is 5.92 Å². The van der Waals surface area contributed by atoms with Gasteiger partial charge in [-0.2, -0.15) is 0 Å². The van der Waals surface area contributed by atoms with Gasteiger partial charge in [-0.1, -0.05) is 24.3 Å². The van der Waals surface area contributed by atoms with Crippen molar-refractivity contribution < 1.29 is 14.7 Å². The van der Waals surface area contributed by atoms with Gasteiger partial charge in [0.25, 0.3) is 0 Å². The minimum atomic E-state index is -1.09. The van der Waals surface area contributed by atoms with Gasteiger partial charge >= 0.3 is 11.8 Å². The minimum absolute atomic E-state index is 0.0389. The maximum atomic E-state index is 12.2. The number of aryl methyl sites for hydroxylation is 2. The Morgan fingerprint density at radius 3 is 2.40 bits per heavy atom. The average Bonchev–Trinajstić information content (AvgIpc) is 3.30. The molecule has 3 N–H and O–H groups in total. The van der Waals surface area contributed by atoms with Crippen LogP contribution in [0.2, 0.25) is 0 Å². The summed E-state index contributed by atoms with van der Waals surface area (Å²) in [6, 6.07) is 9.40. The zero-order valence-electron chi connectivity index (χ0n) is 14.3. The second-order valence-corrected chi connectivity index (χ2v) is 7.53. The van der Waals surface area contributed by atoms with Gasteiger partial charge < -0.3 is 15.7 Å². The number of thiophene rings is 1. The van der Waals surface area contributed by atoms with Crippen molar-refractivity contribution in [1.29, 1.82) is 0 Å². The van der Waals surface area contributed by atoms with E-state index in [9.17, 15) is 14.7 Å². The van der Waals surface area contributed by atoms with Gasteiger partial charge in [-0.15, -0.1) is 11.3 Å². The van der Waals surface area contributed by atoms with Crippen LogP contribution in [0, 0.1) is 19.8 Å². The SMILES string of the molecule is Cc1cccc(C)c1NC(=O)C(=O)NCC(O)(c1cccs1)C1CC1. The van der Waals surface area contributed by atoms with Gasteiger partial charge in [0.2, 0.25) is 0 Å². The number of hydrogen-bond acceptors (Lipinski definition) is 4. The number of carbonyl (C=O) groups is 2. The van der Waals surface area contributed by atoms with E-state index in [-0.39, 0.29) is 12.5 Å². The molecule has 1 saturated carbocycles. The van der Waals surface area contributed by atoms with Gasteiger partial charge in [0.05, 0.1) is 6.54 Å². The minimum Gasteiger partial charge on any atom is -0.382 e. The number of benzene rings is 1. The predicted molar refractivity (Wildman–Crippen MR) is 98.5 cm³/mol. The molecule has 5 nitrogen and oxygen atoms in total. The summed E-state index contributed by atoms with van der Waals surface area (Å²) < 4.78 is 0. The van der Waals surface area contributed by atoms with E-state index in [2.05, 4.69) is 10.6 Å². The highest BCUT2D eigenvalue weighted by Gasteiger charge is 2.46. The summed E-state index contributed by atoms with van der Waals surface area (Å²) in [7, 11) is 0. The van der Waals surface area contributed by atoms with E-state index >= 15 is 0 Å². The molecule has 1 atom stereocenters. The van der Waals surface area contributed by atoms with E-state index in [4.69, 9.17) is 0 Å². The summed E-state index contributed by atoms with van der Waals surface area (Å²) in [5, 5.41) is 18.1. The fourth-order valence-electron chi connectivity index (χ4n) is 3.00. The lowest BCUT2D eigenvalue weighted by atomic mass is 9.95. The number of anilines is 1. The highest BCUT2D eigenvalue weighted by molar-refractivity contribution is 7.10. The van der Waals surface area contributed by atoms with E-state index in [1.807, 2.05) is 49.6 Å². The van der Waals surface area contributed by atoms with Crippen LogP contribution in [0.5, 0.6) is 0 Å². The monoisotopic (exact) mass is 358 g/mol. The first kappa shape index (κ1) is 17.6. The Labute approximate surface area is 151 Å². The second kappa shape index (κ2) is 6.98. The van der Waals surface area contributed by atoms with Gasteiger partial charge in [0.15, 0.2) is 0 Å². The Morgan fingerprint density at radius 2 is 1.84 bits per heavy atom. The quantitative estimate of drug-likeness (QED) is 0.719. The van der Waals surface area contributed by atoms with Crippen molar-refractivity contribution >= 4 is 28.8 Å². The molecule has 0 aliphatic heterocycles. The van der Waals surface area contributed by atoms with Crippen LogP contribution in [-0.4, -0.2) is 23.5 Å². The zero-order chi connectivity index (χ0) is 18.0. The van der Waals surface area contributed by atoms with Crippen molar-refractivity contribution in [2.75, 3.05) is 11.9 Å². The van der Waals surface area contributed by atoms with Gasteiger partial charge in [-0.3, -0.25) is 9.59 Å². The highest BCUT2D eigenvalue weighted by atomic mass is 32.1. The summed E-state index contributed by atoms with van der Waals surface area (Å²) in [5.74, 6) is -1.33. The Balaban J connectivity index is 1.65. The lowest BCUT2D eigenvalue weighted by Gasteiger charge is -2.27. The highest BCUT2D eigenvalue weighted by Crippen LogP contribution is 2.46. The molecule has 1 aliphatic carbocycles. The molecule has 0 spiro atoms. The lowest BCUT2D eigenvalue weighted by Crippen LogP contribution is -2.45. The third-order valence-electron chi connectivity index (χ3n) is 4.64. The number of nitrogens with one attached hydrogen (secondary N) is 2. The third-order valence-corrected chi connectivity index (χ3v) is 5.68. The van der Waals surface area contributed by atoms with Gasteiger partial charge in [0.1, 0.15) is 5.60 Å². The first-order valence-corrected chi connectivity index (χ1v) is 9.21. The van der Waals surface area contributed by atoms with Crippen LogP contribution in [-0.2, 0) is 15.2 Å². The van der Waals surface area contributed by atoms with E-state index in [1.165, 1.54) is 11.3 Å². The fraction of sp³-hybridized carbons (Fsp3) is 0.368. The van der Waals surface area contributed by atoms with Crippen LogP contribution in [0.15, 0.2) is 35.7 Å². The maximum absolute atomic E-state index is 12.2. The molecule has 1 aromatic carbocycles. The van der Waals surface area contributed by atoms with Crippen molar-refractivity contribution in [2.45, 2.75) is 32.3 Å². The summed E-state index contributed by atoms with van der Waals surface area (Å²) in [4.78, 5) is 25.2. The molecule has 1 fully saturated rings. The molecule has 2 amide bonds. The van der Waals surface area contributed by atoms with Crippen LogP contribution in [0.25, 0.3) is 0 Å². The van der Waals surface area contributed by atoms with Crippen LogP contribution in [0.3, 0.4) is 0 Å². The molecule has 1 aromatic heterocycles. The molecule has 0 bridgehead atoms. The topological polar surface area (TPSA) is 78.4 Å².